The standard InChI is InChI=1S/C22H22N6O3/c1-28(2)8-7-23-22(29)13-3-4-17(24-11-13)19-21-20(30-9-10-31-21)18-14-12-25-27-15(14)5-6-16(18)26-19/h3-6,11-12H,7-10H2,1-2H3,(H,23,29)(H,25,27). The molecule has 0 saturated heterocycles. The first-order valence-electron chi connectivity index (χ1n) is 10.1. The number of likely N-dealkylation sites (N-methyl/N-ethyl adjacent to an activating group) is 1. The minimum absolute atomic E-state index is 0.156. The summed E-state index contributed by atoms with van der Waals surface area (Å²) >= 11 is 0. The summed E-state index contributed by atoms with van der Waals surface area (Å²) < 4.78 is 12.0. The smallest absolute Gasteiger partial charge is 0.252 e. The van der Waals surface area contributed by atoms with Gasteiger partial charge in [-0.1, -0.05) is 0 Å². The van der Waals surface area contributed by atoms with Crippen LogP contribution in [0.5, 0.6) is 11.5 Å². The SMILES string of the molecule is CN(C)CCNC(=O)c1ccc(-c2nc3ccc4[nH]ncc4c3c3c2OCCO3)nc1. The fraction of sp³-hybridized carbons (Fsp3) is 0.273. The van der Waals surface area contributed by atoms with Crippen LogP contribution in [0.2, 0.25) is 0 Å². The first kappa shape index (κ1) is 19.3. The summed E-state index contributed by atoms with van der Waals surface area (Å²) in [7, 11) is 3.92. The van der Waals surface area contributed by atoms with Crippen LogP contribution in [-0.4, -0.2) is 71.4 Å². The van der Waals surface area contributed by atoms with E-state index in [0.29, 0.717) is 48.2 Å². The van der Waals surface area contributed by atoms with Crippen molar-refractivity contribution in [3.8, 4) is 22.9 Å². The molecule has 158 valence electrons. The van der Waals surface area contributed by atoms with E-state index in [2.05, 4.69) is 20.5 Å². The molecule has 1 aromatic carbocycles. The zero-order valence-electron chi connectivity index (χ0n) is 17.3. The third-order valence-electron chi connectivity index (χ3n) is 5.17. The molecule has 1 amide bonds. The van der Waals surface area contributed by atoms with Crippen LogP contribution in [0, 0.1) is 0 Å². The summed E-state index contributed by atoms with van der Waals surface area (Å²) in [6, 6.07) is 7.38. The van der Waals surface area contributed by atoms with E-state index in [0.717, 1.165) is 28.4 Å². The number of nitrogens with one attached hydrogen (secondary N) is 2. The van der Waals surface area contributed by atoms with Crippen LogP contribution >= 0.6 is 0 Å². The van der Waals surface area contributed by atoms with Gasteiger partial charge in [-0.15, -0.1) is 0 Å². The van der Waals surface area contributed by atoms with Gasteiger partial charge in [0.2, 0.25) is 0 Å². The molecule has 3 aromatic heterocycles. The first-order chi connectivity index (χ1) is 15.1. The molecule has 0 saturated carbocycles. The van der Waals surface area contributed by atoms with Gasteiger partial charge in [-0.25, -0.2) is 4.98 Å². The van der Waals surface area contributed by atoms with Crippen LogP contribution in [0.4, 0.5) is 0 Å². The molecule has 0 atom stereocenters. The Labute approximate surface area is 178 Å². The molecule has 31 heavy (non-hydrogen) atoms. The molecule has 2 N–H and O–H groups in total. The predicted molar refractivity (Wildman–Crippen MR) is 117 cm³/mol. The van der Waals surface area contributed by atoms with E-state index in [1.165, 1.54) is 0 Å². The molecule has 1 aliphatic rings. The summed E-state index contributed by atoms with van der Waals surface area (Å²) in [5, 5.41) is 11.8. The van der Waals surface area contributed by atoms with E-state index in [4.69, 9.17) is 14.5 Å². The van der Waals surface area contributed by atoms with E-state index >= 15 is 0 Å². The number of H-pyrrole nitrogens is 1. The van der Waals surface area contributed by atoms with E-state index in [-0.39, 0.29) is 5.91 Å². The second-order valence-corrected chi connectivity index (χ2v) is 7.60. The molecule has 4 heterocycles. The summed E-state index contributed by atoms with van der Waals surface area (Å²) in [5.74, 6) is 1.05. The number of carbonyl (C=O) groups is 1. The number of aromatic nitrogens is 4. The third-order valence-corrected chi connectivity index (χ3v) is 5.17. The molecule has 1 aliphatic heterocycles. The van der Waals surface area contributed by atoms with Gasteiger partial charge in [0.25, 0.3) is 5.91 Å². The number of aromatic amines is 1. The molecule has 0 unspecified atom stereocenters. The Morgan fingerprint density at radius 1 is 1.13 bits per heavy atom. The number of amides is 1. The summed E-state index contributed by atoms with van der Waals surface area (Å²) in [6.45, 7) is 2.23. The quantitative estimate of drug-likeness (QED) is 0.512. The van der Waals surface area contributed by atoms with Gasteiger partial charge in [0.15, 0.2) is 11.5 Å². The maximum absolute atomic E-state index is 12.3. The lowest BCUT2D eigenvalue weighted by molar-refractivity contribution is 0.0950. The highest BCUT2D eigenvalue weighted by Gasteiger charge is 2.25. The van der Waals surface area contributed by atoms with Crippen molar-refractivity contribution in [2.75, 3.05) is 40.4 Å². The molecule has 5 rings (SSSR count). The Morgan fingerprint density at radius 2 is 1.97 bits per heavy atom. The number of nitrogens with zero attached hydrogens (tertiary/aromatic N) is 4. The molecule has 0 radical (unpaired) electrons. The second-order valence-electron chi connectivity index (χ2n) is 7.60. The lowest BCUT2D eigenvalue weighted by Gasteiger charge is -2.22. The Bertz CT molecular complexity index is 1270. The number of ether oxygens (including phenoxy) is 2. The van der Waals surface area contributed by atoms with Crippen molar-refractivity contribution >= 4 is 27.7 Å². The molecule has 0 fully saturated rings. The zero-order valence-corrected chi connectivity index (χ0v) is 17.3. The van der Waals surface area contributed by atoms with Gasteiger partial charge in [0.05, 0.1) is 33.9 Å². The van der Waals surface area contributed by atoms with Crippen LogP contribution in [0.15, 0.2) is 36.7 Å². The van der Waals surface area contributed by atoms with Crippen molar-refractivity contribution in [3.63, 3.8) is 0 Å². The van der Waals surface area contributed by atoms with Gasteiger partial charge in [-0.2, -0.15) is 5.10 Å². The molecule has 0 spiro atoms. The molecule has 9 heteroatoms. The van der Waals surface area contributed by atoms with Gasteiger partial charge in [-0.05, 0) is 38.4 Å². The number of hydrogen-bond donors (Lipinski definition) is 2. The number of hydrogen-bond acceptors (Lipinski definition) is 7. The Morgan fingerprint density at radius 3 is 2.74 bits per heavy atom. The Kier molecular flexibility index (Phi) is 4.87. The van der Waals surface area contributed by atoms with E-state index in [1.807, 2.05) is 31.1 Å². The minimum atomic E-state index is -0.156. The van der Waals surface area contributed by atoms with E-state index in [9.17, 15) is 4.79 Å². The molecular formula is C22H22N6O3. The predicted octanol–water partition coefficient (Wildman–Crippen LogP) is 2.24. The molecule has 4 aromatic rings. The highest BCUT2D eigenvalue weighted by atomic mass is 16.6. The second kappa shape index (κ2) is 7.84. The van der Waals surface area contributed by atoms with E-state index in [1.54, 1.807) is 24.5 Å². The maximum Gasteiger partial charge on any atom is 0.252 e. The van der Waals surface area contributed by atoms with Gasteiger partial charge in [0.1, 0.15) is 18.9 Å². The number of carbonyl (C=O) groups excluding carboxylic acids is 1. The Balaban J connectivity index is 1.53. The summed E-state index contributed by atoms with van der Waals surface area (Å²) in [4.78, 5) is 23.7. The van der Waals surface area contributed by atoms with Crippen LogP contribution in [0.25, 0.3) is 33.2 Å². The van der Waals surface area contributed by atoms with Crippen molar-refractivity contribution in [2.45, 2.75) is 0 Å². The maximum atomic E-state index is 12.3. The number of rotatable bonds is 5. The average molecular weight is 418 g/mol. The number of pyridine rings is 2. The van der Waals surface area contributed by atoms with Crippen LogP contribution in [0.1, 0.15) is 10.4 Å². The van der Waals surface area contributed by atoms with Crippen molar-refractivity contribution in [2.24, 2.45) is 0 Å². The van der Waals surface area contributed by atoms with Crippen molar-refractivity contribution in [1.29, 1.82) is 0 Å². The number of fused-ring (bicyclic) bond motifs is 5. The third kappa shape index (κ3) is 3.53. The Hall–Kier alpha value is -3.72. The minimum Gasteiger partial charge on any atom is -0.485 e. The van der Waals surface area contributed by atoms with E-state index < -0.39 is 0 Å². The highest BCUT2D eigenvalue weighted by Crippen LogP contribution is 2.45. The summed E-state index contributed by atoms with van der Waals surface area (Å²) in [6.07, 6.45) is 3.32. The molecular weight excluding hydrogens is 396 g/mol. The molecule has 0 aliphatic carbocycles. The van der Waals surface area contributed by atoms with Gasteiger partial charge < -0.3 is 19.7 Å². The largest absolute Gasteiger partial charge is 0.485 e. The molecule has 9 nitrogen and oxygen atoms in total. The topological polar surface area (TPSA) is 105 Å². The number of benzene rings is 1. The highest BCUT2D eigenvalue weighted by molar-refractivity contribution is 6.10. The summed E-state index contributed by atoms with van der Waals surface area (Å²) in [5.41, 5.74) is 3.36. The van der Waals surface area contributed by atoms with Crippen LogP contribution in [0.3, 0.4) is 0 Å². The van der Waals surface area contributed by atoms with Crippen molar-refractivity contribution in [1.82, 2.24) is 30.4 Å². The fourth-order valence-corrected chi connectivity index (χ4v) is 3.63. The lowest BCUT2D eigenvalue weighted by Crippen LogP contribution is -2.31. The van der Waals surface area contributed by atoms with Crippen LogP contribution < -0.4 is 14.8 Å². The van der Waals surface area contributed by atoms with Crippen molar-refractivity contribution < 1.29 is 14.3 Å². The fourth-order valence-electron chi connectivity index (χ4n) is 3.63. The zero-order chi connectivity index (χ0) is 21.4. The average Bonchev–Trinajstić information content (AvgIpc) is 3.27. The first-order valence-corrected chi connectivity index (χ1v) is 10.1. The normalized spacial score (nSPS) is 13.1. The van der Waals surface area contributed by atoms with Crippen LogP contribution in [-0.2, 0) is 0 Å². The van der Waals surface area contributed by atoms with Gasteiger partial charge in [0, 0.05) is 24.7 Å². The van der Waals surface area contributed by atoms with Gasteiger partial charge >= 0.3 is 0 Å². The lowest BCUT2D eigenvalue weighted by atomic mass is 10.1. The van der Waals surface area contributed by atoms with Gasteiger partial charge in [-0.3, -0.25) is 14.9 Å². The van der Waals surface area contributed by atoms with Crippen molar-refractivity contribution in [3.05, 3.63) is 42.2 Å². The monoisotopic (exact) mass is 418 g/mol. The molecule has 0 bridgehead atoms.